The number of nitrogens with two attached hydrogens (primary N) is 1. The maximum absolute atomic E-state index is 5.68. The van der Waals surface area contributed by atoms with Crippen molar-refractivity contribution in [2.24, 2.45) is 10.7 Å². The van der Waals surface area contributed by atoms with Crippen molar-refractivity contribution < 1.29 is 0 Å². The molecule has 0 aliphatic rings. The Hall–Kier alpha value is -0.890. The van der Waals surface area contributed by atoms with E-state index in [0.29, 0.717) is 0 Å². The van der Waals surface area contributed by atoms with Crippen LogP contribution in [0.2, 0.25) is 0 Å². The lowest BCUT2D eigenvalue weighted by atomic mass is 10.1. The van der Waals surface area contributed by atoms with Crippen LogP contribution in [-0.2, 0) is 0 Å². The molecular formula is C10H18N2. The molecule has 2 nitrogen and oxygen atoms in total. The summed E-state index contributed by atoms with van der Waals surface area (Å²) in [5.74, 6) is 0. The van der Waals surface area contributed by atoms with Crippen molar-refractivity contribution >= 4 is 6.21 Å². The SMILES string of the molecule is C=C/C=C\C(N)C=NC(C)(C)C. The first-order chi connectivity index (χ1) is 5.45. The van der Waals surface area contributed by atoms with E-state index in [-0.39, 0.29) is 11.6 Å². The minimum Gasteiger partial charge on any atom is -0.320 e. The summed E-state index contributed by atoms with van der Waals surface area (Å²) < 4.78 is 0. The lowest BCUT2D eigenvalue weighted by Crippen LogP contribution is -2.21. The molecule has 0 saturated carbocycles. The highest BCUT2D eigenvalue weighted by Gasteiger charge is 2.04. The number of hydrogen-bond donors (Lipinski definition) is 1. The van der Waals surface area contributed by atoms with E-state index in [1.807, 2.05) is 32.9 Å². The number of aliphatic imine (C=N–C) groups is 1. The van der Waals surface area contributed by atoms with Gasteiger partial charge in [0.2, 0.25) is 0 Å². The van der Waals surface area contributed by atoms with Crippen LogP contribution in [0.1, 0.15) is 20.8 Å². The zero-order valence-electron chi connectivity index (χ0n) is 8.12. The Morgan fingerprint density at radius 1 is 1.42 bits per heavy atom. The Balaban J connectivity index is 3.99. The van der Waals surface area contributed by atoms with Gasteiger partial charge in [-0.15, -0.1) is 0 Å². The van der Waals surface area contributed by atoms with Gasteiger partial charge < -0.3 is 5.73 Å². The fraction of sp³-hybridized carbons (Fsp3) is 0.500. The van der Waals surface area contributed by atoms with E-state index in [1.165, 1.54) is 0 Å². The molecule has 2 N–H and O–H groups in total. The summed E-state index contributed by atoms with van der Waals surface area (Å²) in [6.07, 6.45) is 7.12. The molecule has 0 spiro atoms. The molecule has 0 fully saturated rings. The standard InChI is InChI=1S/C10H18N2/c1-5-6-7-9(11)8-12-10(2,3)4/h5-9H,1,11H2,2-4H3/b7-6-,12-8?. The van der Waals surface area contributed by atoms with Gasteiger partial charge in [-0.25, -0.2) is 0 Å². The lowest BCUT2D eigenvalue weighted by Gasteiger charge is -2.11. The topological polar surface area (TPSA) is 38.4 Å². The summed E-state index contributed by atoms with van der Waals surface area (Å²) in [6, 6.07) is -0.109. The third-order valence-corrected chi connectivity index (χ3v) is 1.10. The molecule has 0 rings (SSSR count). The Labute approximate surface area is 74.9 Å². The fourth-order valence-electron chi connectivity index (χ4n) is 0.566. The summed E-state index contributed by atoms with van der Waals surface area (Å²) in [6.45, 7) is 9.66. The van der Waals surface area contributed by atoms with Gasteiger partial charge in [-0.3, -0.25) is 4.99 Å². The van der Waals surface area contributed by atoms with E-state index in [4.69, 9.17) is 5.73 Å². The summed E-state index contributed by atoms with van der Waals surface area (Å²) in [5, 5.41) is 0. The van der Waals surface area contributed by atoms with Crippen LogP contribution < -0.4 is 5.73 Å². The summed E-state index contributed by atoms with van der Waals surface area (Å²) >= 11 is 0. The van der Waals surface area contributed by atoms with Gasteiger partial charge in [0.25, 0.3) is 0 Å². The van der Waals surface area contributed by atoms with Gasteiger partial charge in [-0.2, -0.15) is 0 Å². The van der Waals surface area contributed by atoms with Gasteiger partial charge in [0.1, 0.15) is 0 Å². The second-order valence-corrected chi connectivity index (χ2v) is 3.65. The van der Waals surface area contributed by atoms with Crippen molar-refractivity contribution in [2.45, 2.75) is 32.4 Å². The van der Waals surface area contributed by atoms with Crippen LogP contribution >= 0.6 is 0 Å². The lowest BCUT2D eigenvalue weighted by molar-refractivity contribution is 0.584. The molecule has 0 radical (unpaired) electrons. The van der Waals surface area contributed by atoms with E-state index < -0.39 is 0 Å². The maximum Gasteiger partial charge on any atom is 0.0584 e. The fourth-order valence-corrected chi connectivity index (χ4v) is 0.566. The van der Waals surface area contributed by atoms with Crippen molar-refractivity contribution in [1.29, 1.82) is 0 Å². The molecule has 0 aliphatic carbocycles. The van der Waals surface area contributed by atoms with Gasteiger partial charge in [0.05, 0.1) is 11.6 Å². The van der Waals surface area contributed by atoms with Gasteiger partial charge >= 0.3 is 0 Å². The van der Waals surface area contributed by atoms with Crippen molar-refractivity contribution in [2.75, 3.05) is 0 Å². The number of nitrogens with zero attached hydrogens (tertiary/aromatic N) is 1. The van der Waals surface area contributed by atoms with Crippen molar-refractivity contribution in [3.8, 4) is 0 Å². The third-order valence-electron chi connectivity index (χ3n) is 1.10. The summed E-state index contributed by atoms with van der Waals surface area (Å²) in [4.78, 5) is 4.27. The Morgan fingerprint density at radius 2 is 2.00 bits per heavy atom. The molecule has 0 aromatic rings. The molecule has 12 heavy (non-hydrogen) atoms. The van der Waals surface area contributed by atoms with Crippen LogP contribution in [0.3, 0.4) is 0 Å². The van der Waals surface area contributed by atoms with Crippen LogP contribution in [0.5, 0.6) is 0 Å². The first kappa shape index (κ1) is 11.1. The molecule has 2 heteroatoms. The summed E-state index contributed by atoms with van der Waals surface area (Å²) in [7, 11) is 0. The average Bonchev–Trinajstić information content (AvgIpc) is 1.95. The van der Waals surface area contributed by atoms with Gasteiger partial charge in [0.15, 0.2) is 0 Å². The van der Waals surface area contributed by atoms with E-state index in [1.54, 1.807) is 12.3 Å². The third kappa shape index (κ3) is 7.22. The Bertz CT molecular complexity index is 185. The van der Waals surface area contributed by atoms with E-state index >= 15 is 0 Å². The number of allylic oxidation sites excluding steroid dienone is 2. The first-order valence-corrected chi connectivity index (χ1v) is 4.06. The highest BCUT2D eigenvalue weighted by Crippen LogP contribution is 2.04. The molecular weight excluding hydrogens is 148 g/mol. The molecule has 0 bridgehead atoms. The van der Waals surface area contributed by atoms with Crippen LogP contribution in [0.15, 0.2) is 29.8 Å². The zero-order valence-corrected chi connectivity index (χ0v) is 8.12. The van der Waals surface area contributed by atoms with Gasteiger partial charge in [-0.05, 0) is 20.8 Å². The molecule has 0 saturated heterocycles. The highest BCUT2D eigenvalue weighted by atomic mass is 14.8. The molecule has 68 valence electrons. The van der Waals surface area contributed by atoms with Gasteiger partial charge in [0, 0.05) is 6.21 Å². The quantitative estimate of drug-likeness (QED) is 0.505. The normalized spacial score (nSPS) is 15.7. The first-order valence-electron chi connectivity index (χ1n) is 4.06. The largest absolute Gasteiger partial charge is 0.320 e. The minimum absolute atomic E-state index is 0.0420. The van der Waals surface area contributed by atoms with Crippen molar-refractivity contribution in [3.05, 3.63) is 24.8 Å². The zero-order chi connectivity index (χ0) is 9.61. The van der Waals surface area contributed by atoms with E-state index in [9.17, 15) is 0 Å². The monoisotopic (exact) mass is 166 g/mol. The predicted octanol–water partition coefficient (Wildman–Crippen LogP) is 1.93. The highest BCUT2D eigenvalue weighted by molar-refractivity contribution is 5.67. The number of rotatable bonds is 3. The van der Waals surface area contributed by atoms with Crippen LogP contribution in [-0.4, -0.2) is 17.8 Å². The maximum atomic E-state index is 5.68. The molecule has 0 aromatic carbocycles. The second-order valence-electron chi connectivity index (χ2n) is 3.65. The van der Waals surface area contributed by atoms with Crippen molar-refractivity contribution in [3.63, 3.8) is 0 Å². The average molecular weight is 166 g/mol. The van der Waals surface area contributed by atoms with E-state index in [0.717, 1.165) is 0 Å². The molecule has 1 atom stereocenters. The Morgan fingerprint density at radius 3 is 2.42 bits per heavy atom. The number of hydrogen-bond acceptors (Lipinski definition) is 2. The van der Waals surface area contributed by atoms with Crippen molar-refractivity contribution in [1.82, 2.24) is 0 Å². The van der Waals surface area contributed by atoms with Crippen LogP contribution in [0.25, 0.3) is 0 Å². The Kier molecular flexibility index (Phi) is 4.52. The van der Waals surface area contributed by atoms with Gasteiger partial charge in [-0.1, -0.05) is 24.8 Å². The minimum atomic E-state index is -0.109. The van der Waals surface area contributed by atoms with Crippen LogP contribution in [0.4, 0.5) is 0 Å². The smallest absolute Gasteiger partial charge is 0.0584 e. The molecule has 0 amide bonds. The molecule has 1 unspecified atom stereocenters. The van der Waals surface area contributed by atoms with Crippen LogP contribution in [0, 0.1) is 0 Å². The predicted molar refractivity (Wildman–Crippen MR) is 55.6 cm³/mol. The summed E-state index contributed by atoms with van der Waals surface area (Å²) in [5.41, 5.74) is 5.64. The second kappa shape index (κ2) is 4.88. The molecule has 0 aromatic heterocycles. The molecule has 0 heterocycles. The van der Waals surface area contributed by atoms with E-state index in [2.05, 4.69) is 11.6 Å². The molecule has 0 aliphatic heterocycles.